The Morgan fingerprint density at radius 3 is 2.38 bits per heavy atom. The van der Waals surface area contributed by atoms with Crippen LogP contribution in [0.15, 0.2) is 6.20 Å². The van der Waals surface area contributed by atoms with Gasteiger partial charge in [-0.1, -0.05) is 13.8 Å². The van der Waals surface area contributed by atoms with Crippen molar-refractivity contribution in [3.05, 3.63) is 23.0 Å². The molecule has 0 aromatic carbocycles. The number of nitrogens with one attached hydrogen (secondary N) is 1. The summed E-state index contributed by atoms with van der Waals surface area (Å²) >= 11 is 0. The maximum atomic E-state index is 9.16. The van der Waals surface area contributed by atoms with E-state index >= 15 is 0 Å². The molecular formula is C11H19NO. The van der Waals surface area contributed by atoms with Crippen LogP contribution in [0, 0.1) is 19.3 Å². The molecule has 0 unspecified atom stereocenters. The highest BCUT2D eigenvalue weighted by Crippen LogP contribution is 2.24. The van der Waals surface area contributed by atoms with E-state index in [2.05, 4.69) is 32.7 Å². The summed E-state index contributed by atoms with van der Waals surface area (Å²) in [5, 5.41) is 9.16. The van der Waals surface area contributed by atoms with Crippen molar-refractivity contribution < 1.29 is 5.11 Å². The molecule has 0 saturated carbocycles. The van der Waals surface area contributed by atoms with Crippen molar-refractivity contribution in [2.75, 3.05) is 6.61 Å². The molecule has 13 heavy (non-hydrogen) atoms. The van der Waals surface area contributed by atoms with Crippen molar-refractivity contribution in [2.24, 2.45) is 5.41 Å². The lowest BCUT2D eigenvalue weighted by atomic mass is 9.85. The van der Waals surface area contributed by atoms with Gasteiger partial charge in [0.15, 0.2) is 0 Å². The van der Waals surface area contributed by atoms with E-state index in [9.17, 15) is 0 Å². The molecule has 0 bridgehead atoms. The zero-order chi connectivity index (χ0) is 10.1. The molecule has 1 aromatic rings. The maximum Gasteiger partial charge on any atom is 0.0485 e. The standard InChI is InChI=1S/C11H19NO/c1-8-6-12-9(2)10(8)5-11(3,4)7-13/h6,12-13H,5,7H2,1-4H3. The van der Waals surface area contributed by atoms with Gasteiger partial charge in [-0.25, -0.2) is 0 Å². The van der Waals surface area contributed by atoms with Crippen LogP contribution >= 0.6 is 0 Å². The lowest BCUT2D eigenvalue weighted by molar-refractivity contribution is 0.159. The van der Waals surface area contributed by atoms with Gasteiger partial charge in [0.2, 0.25) is 0 Å². The Morgan fingerprint density at radius 1 is 1.38 bits per heavy atom. The average Bonchev–Trinajstić information content (AvgIpc) is 2.36. The summed E-state index contributed by atoms with van der Waals surface area (Å²) in [6, 6.07) is 0. The molecule has 0 aliphatic rings. The van der Waals surface area contributed by atoms with Crippen molar-refractivity contribution in [3.8, 4) is 0 Å². The Labute approximate surface area is 80.0 Å². The first-order chi connectivity index (χ1) is 5.96. The van der Waals surface area contributed by atoms with Gasteiger partial charge in [-0.05, 0) is 36.8 Å². The van der Waals surface area contributed by atoms with Gasteiger partial charge in [-0.15, -0.1) is 0 Å². The number of hydrogen-bond donors (Lipinski definition) is 2. The first-order valence-electron chi connectivity index (χ1n) is 4.70. The minimum atomic E-state index is -0.0162. The number of rotatable bonds is 3. The lowest BCUT2D eigenvalue weighted by Gasteiger charge is -2.21. The van der Waals surface area contributed by atoms with Crippen LogP contribution in [0.3, 0.4) is 0 Å². The molecule has 2 N–H and O–H groups in total. The Kier molecular flexibility index (Phi) is 2.81. The zero-order valence-corrected chi connectivity index (χ0v) is 8.94. The van der Waals surface area contributed by atoms with Crippen LogP contribution in [0.5, 0.6) is 0 Å². The van der Waals surface area contributed by atoms with Crippen LogP contribution < -0.4 is 0 Å². The molecule has 0 amide bonds. The van der Waals surface area contributed by atoms with Gasteiger partial charge in [0.05, 0.1) is 0 Å². The van der Waals surface area contributed by atoms with Crippen LogP contribution in [0.4, 0.5) is 0 Å². The summed E-state index contributed by atoms with van der Waals surface area (Å²) in [6.45, 7) is 8.58. The molecule has 1 heterocycles. The summed E-state index contributed by atoms with van der Waals surface area (Å²) in [5.41, 5.74) is 3.84. The van der Waals surface area contributed by atoms with Crippen LogP contribution in [0.25, 0.3) is 0 Å². The number of hydrogen-bond acceptors (Lipinski definition) is 1. The monoisotopic (exact) mass is 181 g/mol. The van der Waals surface area contributed by atoms with Crippen molar-refractivity contribution in [1.82, 2.24) is 4.98 Å². The Hall–Kier alpha value is -0.760. The van der Waals surface area contributed by atoms with Gasteiger partial charge >= 0.3 is 0 Å². The molecule has 0 spiro atoms. The smallest absolute Gasteiger partial charge is 0.0485 e. The number of aliphatic hydroxyl groups excluding tert-OH is 1. The number of aromatic amines is 1. The van der Waals surface area contributed by atoms with Crippen LogP contribution in [-0.4, -0.2) is 16.7 Å². The molecule has 0 radical (unpaired) electrons. The second kappa shape index (κ2) is 3.54. The largest absolute Gasteiger partial charge is 0.396 e. The average molecular weight is 181 g/mol. The van der Waals surface area contributed by atoms with E-state index in [1.165, 1.54) is 16.8 Å². The molecule has 0 aliphatic heterocycles. The summed E-state index contributed by atoms with van der Waals surface area (Å²) in [6.07, 6.45) is 2.96. The maximum absolute atomic E-state index is 9.16. The molecule has 1 rings (SSSR count). The molecule has 2 nitrogen and oxygen atoms in total. The highest BCUT2D eigenvalue weighted by molar-refractivity contribution is 5.29. The summed E-state index contributed by atoms with van der Waals surface area (Å²) in [4.78, 5) is 3.20. The second-order valence-corrected chi connectivity index (χ2v) is 4.57. The first-order valence-corrected chi connectivity index (χ1v) is 4.70. The van der Waals surface area contributed by atoms with Crippen molar-refractivity contribution in [2.45, 2.75) is 34.1 Å². The fourth-order valence-corrected chi connectivity index (χ4v) is 1.49. The number of H-pyrrole nitrogens is 1. The van der Waals surface area contributed by atoms with Gasteiger partial charge in [-0.3, -0.25) is 0 Å². The van der Waals surface area contributed by atoms with E-state index in [0.29, 0.717) is 0 Å². The lowest BCUT2D eigenvalue weighted by Crippen LogP contribution is -2.20. The summed E-state index contributed by atoms with van der Waals surface area (Å²) in [7, 11) is 0. The fourth-order valence-electron chi connectivity index (χ4n) is 1.49. The Bertz CT molecular complexity index is 267. The van der Waals surface area contributed by atoms with Crippen LogP contribution in [0.1, 0.15) is 30.7 Å². The van der Waals surface area contributed by atoms with Gasteiger partial charge in [0, 0.05) is 18.5 Å². The van der Waals surface area contributed by atoms with Crippen molar-refractivity contribution in [3.63, 3.8) is 0 Å². The highest BCUT2D eigenvalue weighted by Gasteiger charge is 2.19. The SMILES string of the molecule is Cc1c[nH]c(C)c1CC(C)(C)CO. The minimum Gasteiger partial charge on any atom is -0.396 e. The number of aliphatic hydroxyl groups is 1. The predicted molar refractivity (Wildman–Crippen MR) is 54.8 cm³/mol. The van der Waals surface area contributed by atoms with Crippen LogP contribution in [-0.2, 0) is 6.42 Å². The van der Waals surface area contributed by atoms with E-state index in [0.717, 1.165) is 6.42 Å². The van der Waals surface area contributed by atoms with E-state index in [4.69, 9.17) is 5.11 Å². The first kappa shape index (κ1) is 10.3. The second-order valence-electron chi connectivity index (χ2n) is 4.57. The predicted octanol–water partition coefficient (Wildman–Crippen LogP) is 2.19. The van der Waals surface area contributed by atoms with Crippen LogP contribution in [0.2, 0.25) is 0 Å². The summed E-state index contributed by atoms with van der Waals surface area (Å²) in [5.74, 6) is 0. The molecular weight excluding hydrogens is 162 g/mol. The molecule has 74 valence electrons. The van der Waals surface area contributed by atoms with Gasteiger partial charge in [-0.2, -0.15) is 0 Å². The van der Waals surface area contributed by atoms with E-state index in [1.807, 2.05) is 6.20 Å². The third-order valence-corrected chi connectivity index (χ3v) is 2.52. The molecule has 1 aromatic heterocycles. The molecule has 0 atom stereocenters. The molecule has 0 saturated heterocycles. The quantitative estimate of drug-likeness (QED) is 0.736. The number of aromatic nitrogens is 1. The Balaban J connectivity index is 2.85. The summed E-state index contributed by atoms with van der Waals surface area (Å²) < 4.78 is 0. The van der Waals surface area contributed by atoms with E-state index < -0.39 is 0 Å². The Morgan fingerprint density at radius 2 is 2.00 bits per heavy atom. The van der Waals surface area contributed by atoms with E-state index in [-0.39, 0.29) is 12.0 Å². The minimum absolute atomic E-state index is 0.0162. The zero-order valence-electron chi connectivity index (χ0n) is 8.94. The number of aryl methyl sites for hydroxylation is 2. The highest BCUT2D eigenvalue weighted by atomic mass is 16.3. The molecule has 0 aliphatic carbocycles. The topological polar surface area (TPSA) is 36.0 Å². The normalized spacial score (nSPS) is 12.1. The van der Waals surface area contributed by atoms with Crippen molar-refractivity contribution >= 4 is 0 Å². The van der Waals surface area contributed by atoms with Crippen molar-refractivity contribution in [1.29, 1.82) is 0 Å². The van der Waals surface area contributed by atoms with Gasteiger partial charge in [0.25, 0.3) is 0 Å². The third kappa shape index (κ3) is 2.34. The van der Waals surface area contributed by atoms with Gasteiger partial charge in [0.1, 0.15) is 0 Å². The third-order valence-electron chi connectivity index (χ3n) is 2.52. The van der Waals surface area contributed by atoms with Gasteiger partial charge < -0.3 is 10.1 Å². The molecule has 0 fully saturated rings. The fraction of sp³-hybridized carbons (Fsp3) is 0.636. The van der Waals surface area contributed by atoms with E-state index in [1.54, 1.807) is 0 Å². The molecule has 2 heteroatoms.